The fraction of sp³-hybridized carbons (Fsp3) is 0.400. The zero-order valence-corrected chi connectivity index (χ0v) is 10.1. The SMILES string of the molecule is CC(O)(CNC(=O)NCc1cccs1)C(=O)O. The lowest BCUT2D eigenvalue weighted by atomic mass is 10.1. The fourth-order valence-corrected chi connectivity index (χ4v) is 1.62. The van der Waals surface area contributed by atoms with E-state index in [4.69, 9.17) is 5.11 Å². The Balaban J connectivity index is 2.28. The number of urea groups is 1. The molecule has 94 valence electrons. The summed E-state index contributed by atoms with van der Waals surface area (Å²) in [5.74, 6) is -1.38. The van der Waals surface area contributed by atoms with Crippen LogP contribution >= 0.6 is 11.3 Å². The molecule has 0 aliphatic rings. The number of thiophene rings is 1. The summed E-state index contributed by atoms with van der Waals surface area (Å²) in [6, 6.07) is 3.23. The average molecular weight is 258 g/mol. The first-order chi connectivity index (χ1) is 7.92. The molecule has 0 bridgehead atoms. The van der Waals surface area contributed by atoms with Crippen molar-refractivity contribution in [2.24, 2.45) is 0 Å². The third-order valence-electron chi connectivity index (χ3n) is 2.06. The van der Waals surface area contributed by atoms with Gasteiger partial charge in [-0.15, -0.1) is 11.3 Å². The minimum absolute atomic E-state index is 0.349. The highest BCUT2D eigenvalue weighted by Gasteiger charge is 2.30. The maximum Gasteiger partial charge on any atom is 0.337 e. The fourth-order valence-electron chi connectivity index (χ4n) is 0.971. The molecule has 0 saturated heterocycles. The number of nitrogens with one attached hydrogen (secondary N) is 2. The second kappa shape index (κ2) is 5.65. The summed E-state index contributed by atoms with van der Waals surface area (Å²) >= 11 is 1.51. The molecular weight excluding hydrogens is 244 g/mol. The van der Waals surface area contributed by atoms with E-state index >= 15 is 0 Å². The van der Waals surface area contributed by atoms with Crippen molar-refractivity contribution in [3.8, 4) is 0 Å². The number of aliphatic carboxylic acids is 1. The summed E-state index contributed by atoms with van der Waals surface area (Å²) in [4.78, 5) is 22.8. The Labute approximate surface area is 102 Å². The first-order valence-corrected chi connectivity index (χ1v) is 5.79. The first-order valence-electron chi connectivity index (χ1n) is 4.91. The first kappa shape index (κ1) is 13.5. The summed E-state index contributed by atoms with van der Waals surface area (Å²) in [6.07, 6.45) is 0. The lowest BCUT2D eigenvalue weighted by Crippen LogP contribution is -2.48. The Morgan fingerprint density at radius 1 is 1.47 bits per heavy atom. The van der Waals surface area contributed by atoms with Gasteiger partial charge in [0.2, 0.25) is 0 Å². The van der Waals surface area contributed by atoms with E-state index < -0.39 is 17.6 Å². The number of hydrogen-bond donors (Lipinski definition) is 4. The largest absolute Gasteiger partial charge is 0.479 e. The molecule has 0 aromatic carbocycles. The quantitative estimate of drug-likeness (QED) is 0.613. The molecule has 2 amide bonds. The second-order valence-electron chi connectivity index (χ2n) is 3.69. The van der Waals surface area contributed by atoms with Gasteiger partial charge in [-0.3, -0.25) is 0 Å². The summed E-state index contributed by atoms with van der Waals surface area (Å²) in [5.41, 5.74) is -1.96. The summed E-state index contributed by atoms with van der Waals surface area (Å²) in [5, 5.41) is 24.7. The van der Waals surface area contributed by atoms with E-state index in [1.54, 1.807) is 0 Å². The molecule has 0 spiro atoms. The van der Waals surface area contributed by atoms with Gasteiger partial charge in [-0.1, -0.05) is 6.07 Å². The molecule has 7 heteroatoms. The minimum atomic E-state index is -1.96. The maximum atomic E-state index is 11.3. The van der Waals surface area contributed by atoms with Crippen LogP contribution in [0.3, 0.4) is 0 Å². The zero-order valence-electron chi connectivity index (χ0n) is 9.27. The molecule has 1 atom stereocenters. The predicted octanol–water partition coefficient (Wildman–Crippen LogP) is 0.383. The number of rotatable bonds is 5. The summed E-state index contributed by atoms with van der Waals surface area (Å²) < 4.78 is 0. The molecular formula is C10H14N2O4S. The van der Waals surface area contributed by atoms with Crippen LogP contribution in [0.4, 0.5) is 4.79 Å². The molecule has 1 aromatic heterocycles. The van der Waals surface area contributed by atoms with E-state index in [0.29, 0.717) is 6.54 Å². The van der Waals surface area contributed by atoms with Gasteiger partial charge in [0.05, 0.1) is 13.1 Å². The lowest BCUT2D eigenvalue weighted by molar-refractivity contribution is -0.155. The number of carboxylic acid groups (broad SMARTS) is 1. The van der Waals surface area contributed by atoms with Crippen LogP contribution in [0.5, 0.6) is 0 Å². The van der Waals surface area contributed by atoms with Gasteiger partial charge in [-0.2, -0.15) is 0 Å². The standard InChI is InChI=1S/C10H14N2O4S/c1-10(16,8(13)14)6-12-9(15)11-5-7-3-2-4-17-7/h2-4,16H,5-6H2,1H3,(H,13,14)(H2,11,12,15). The Morgan fingerprint density at radius 3 is 2.71 bits per heavy atom. The van der Waals surface area contributed by atoms with E-state index in [2.05, 4.69) is 10.6 Å². The van der Waals surface area contributed by atoms with Crippen molar-refractivity contribution in [2.75, 3.05) is 6.54 Å². The third kappa shape index (κ3) is 4.41. The molecule has 1 heterocycles. The van der Waals surface area contributed by atoms with E-state index in [-0.39, 0.29) is 6.54 Å². The van der Waals surface area contributed by atoms with Crippen molar-refractivity contribution in [3.05, 3.63) is 22.4 Å². The highest BCUT2D eigenvalue weighted by atomic mass is 32.1. The van der Waals surface area contributed by atoms with Gasteiger partial charge in [0.15, 0.2) is 5.60 Å². The Kier molecular flexibility index (Phi) is 4.47. The van der Waals surface area contributed by atoms with Crippen LogP contribution in [0, 0.1) is 0 Å². The van der Waals surface area contributed by atoms with Gasteiger partial charge in [0, 0.05) is 4.88 Å². The van der Waals surface area contributed by atoms with Crippen LogP contribution in [0.25, 0.3) is 0 Å². The second-order valence-corrected chi connectivity index (χ2v) is 4.73. The van der Waals surface area contributed by atoms with Crippen LogP contribution in [-0.2, 0) is 11.3 Å². The number of amides is 2. The van der Waals surface area contributed by atoms with E-state index in [0.717, 1.165) is 11.8 Å². The molecule has 0 radical (unpaired) electrons. The highest BCUT2D eigenvalue weighted by Crippen LogP contribution is 2.07. The van der Waals surface area contributed by atoms with Crippen molar-refractivity contribution in [1.29, 1.82) is 0 Å². The minimum Gasteiger partial charge on any atom is -0.479 e. The maximum absolute atomic E-state index is 11.3. The number of carbonyl (C=O) groups is 2. The monoisotopic (exact) mass is 258 g/mol. The molecule has 4 N–H and O–H groups in total. The predicted molar refractivity (Wildman–Crippen MR) is 62.8 cm³/mol. The Morgan fingerprint density at radius 2 is 2.18 bits per heavy atom. The van der Waals surface area contributed by atoms with Gasteiger partial charge in [0.25, 0.3) is 0 Å². The smallest absolute Gasteiger partial charge is 0.337 e. The van der Waals surface area contributed by atoms with Crippen LogP contribution in [0.1, 0.15) is 11.8 Å². The van der Waals surface area contributed by atoms with Crippen LogP contribution in [0.2, 0.25) is 0 Å². The molecule has 17 heavy (non-hydrogen) atoms. The number of carboxylic acids is 1. The topological polar surface area (TPSA) is 98.7 Å². The van der Waals surface area contributed by atoms with Gasteiger partial charge in [-0.25, -0.2) is 9.59 Å². The molecule has 0 fully saturated rings. The lowest BCUT2D eigenvalue weighted by Gasteiger charge is -2.18. The highest BCUT2D eigenvalue weighted by molar-refractivity contribution is 7.09. The van der Waals surface area contributed by atoms with Crippen molar-refractivity contribution < 1.29 is 19.8 Å². The number of carbonyl (C=O) groups excluding carboxylic acids is 1. The van der Waals surface area contributed by atoms with Crippen LogP contribution in [-0.4, -0.2) is 34.4 Å². The molecule has 6 nitrogen and oxygen atoms in total. The Hall–Kier alpha value is -1.60. The zero-order chi connectivity index (χ0) is 12.9. The normalized spacial score (nSPS) is 13.8. The Bertz CT molecular complexity index is 389. The number of hydrogen-bond acceptors (Lipinski definition) is 4. The van der Waals surface area contributed by atoms with Gasteiger partial charge in [-0.05, 0) is 18.4 Å². The van der Waals surface area contributed by atoms with Gasteiger partial charge in [0.1, 0.15) is 0 Å². The van der Waals surface area contributed by atoms with Crippen LogP contribution < -0.4 is 10.6 Å². The average Bonchev–Trinajstić information content (AvgIpc) is 2.76. The molecule has 1 rings (SSSR count). The molecule has 1 unspecified atom stereocenters. The van der Waals surface area contributed by atoms with E-state index in [1.165, 1.54) is 11.3 Å². The van der Waals surface area contributed by atoms with Crippen molar-refractivity contribution >= 4 is 23.3 Å². The molecule has 0 saturated carbocycles. The summed E-state index contributed by atoms with van der Waals surface area (Å²) in [7, 11) is 0. The molecule has 0 aliphatic carbocycles. The molecule has 1 aromatic rings. The van der Waals surface area contributed by atoms with Crippen molar-refractivity contribution in [3.63, 3.8) is 0 Å². The van der Waals surface area contributed by atoms with Gasteiger partial charge >= 0.3 is 12.0 Å². The summed E-state index contributed by atoms with van der Waals surface area (Å²) in [6.45, 7) is 1.15. The van der Waals surface area contributed by atoms with E-state index in [1.807, 2.05) is 17.5 Å². The third-order valence-corrected chi connectivity index (χ3v) is 2.93. The van der Waals surface area contributed by atoms with Gasteiger partial charge < -0.3 is 20.8 Å². The van der Waals surface area contributed by atoms with Crippen molar-refractivity contribution in [2.45, 2.75) is 19.1 Å². The number of aliphatic hydroxyl groups is 1. The van der Waals surface area contributed by atoms with E-state index in [9.17, 15) is 14.7 Å². The van der Waals surface area contributed by atoms with Crippen LogP contribution in [0.15, 0.2) is 17.5 Å². The van der Waals surface area contributed by atoms with Crippen molar-refractivity contribution in [1.82, 2.24) is 10.6 Å². The molecule has 0 aliphatic heterocycles.